The van der Waals surface area contributed by atoms with Gasteiger partial charge in [0.05, 0.1) is 0 Å². The molecule has 6 heteroatoms. The maximum absolute atomic E-state index is 6.74. The van der Waals surface area contributed by atoms with Crippen molar-refractivity contribution in [2.24, 2.45) is 0 Å². The second kappa shape index (κ2) is 18.8. The van der Waals surface area contributed by atoms with E-state index in [0.717, 1.165) is 61.5 Å². The van der Waals surface area contributed by atoms with E-state index in [1.54, 1.807) is 0 Å². The summed E-state index contributed by atoms with van der Waals surface area (Å²) >= 11 is 0. The van der Waals surface area contributed by atoms with Crippen LogP contribution in [0.2, 0.25) is 0 Å². The maximum atomic E-state index is 6.74. The first kappa shape index (κ1) is 48.4. The SMILES string of the molecule is CC(C)(C)c1ccnc(-n2c3[c-]c(Oc4[c-]c(N5[CH-]N(c6c(-c7ccc(-c8ccccc8)cc7)cc(C(C)(C)C)cc6-c6ccccc6C(C)(C)C)c6ccccc65)ccc4)ccc3c3ccccc32)c1.[Pt]. The molecule has 0 unspecified atom stereocenters. The number of ether oxygens (including phenoxy) is 1. The van der Waals surface area contributed by atoms with Crippen molar-refractivity contribution in [1.82, 2.24) is 9.55 Å². The van der Waals surface area contributed by atoms with Gasteiger partial charge >= 0.3 is 0 Å². The van der Waals surface area contributed by atoms with Crippen LogP contribution in [0.3, 0.4) is 0 Å². The second-order valence-corrected chi connectivity index (χ2v) is 21.8. The summed E-state index contributed by atoms with van der Waals surface area (Å²) in [6, 6.07) is 72.5. The van der Waals surface area contributed by atoms with Crippen molar-refractivity contribution >= 4 is 44.6 Å². The fraction of sp³-hybridized carbons (Fsp3) is 0.182. The van der Waals surface area contributed by atoms with Crippen molar-refractivity contribution in [2.45, 2.75) is 78.6 Å². The molecule has 0 radical (unpaired) electrons. The Hall–Kier alpha value is -7.20. The minimum Gasteiger partial charge on any atom is -0.509 e. The van der Waals surface area contributed by atoms with Crippen LogP contribution in [-0.2, 0) is 37.3 Å². The number of hydrogen-bond donors (Lipinski definition) is 0. The van der Waals surface area contributed by atoms with E-state index < -0.39 is 0 Å². The van der Waals surface area contributed by atoms with Crippen molar-refractivity contribution in [3.05, 3.63) is 224 Å². The van der Waals surface area contributed by atoms with Crippen LogP contribution in [0, 0.1) is 18.8 Å². The van der Waals surface area contributed by atoms with Crippen LogP contribution in [0.4, 0.5) is 22.7 Å². The summed E-state index contributed by atoms with van der Waals surface area (Å²) in [7, 11) is 0. The molecule has 0 atom stereocenters. The molecule has 3 heterocycles. The van der Waals surface area contributed by atoms with Gasteiger partial charge < -0.3 is 19.1 Å². The second-order valence-electron chi connectivity index (χ2n) is 21.8. The van der Waals surface area contributed by atoms with Gasteiger partial charge in [-0.05, 0) is 103 Å². The molecule has 0 amide bonds. The Morgan fingerprint density at radius 1 is 0.472 bits per heavy atom. The molecule has 8 aromatic carbocycles. The Morgan fingerprint density at radius 3 is 1.83 bits per heavy atom. The first-order valence-electron chi connectivity index (χ1n) is 24.7. The maximum Gasteiger partial charge on any atom is 0.135 e. The molecular weight excluding hydrogens is 1060 g/mol. The standard InChI is InChI=1S/C66H59N4O.Pt/c1-64(2,3)47-36-37-67-62(40-47)70-58-27-16-14-25-53(58)54-35-34-51(42-61(54)70)71-50-23-19-22-49(41-50)68-43-69(60-29-18-17-28-59(60)68)63-55(46-32-30-45(31-33-46)44-20-11-10-12-21-44)38-48(65(4,5)6)39-56(63)52-24-13-15-26-57(52)66(7,8)9;/h10-40,43H,1-9H3;/q-3;. The number of nitrogens with zero attached hydrogens (tertiary/aromatic N) is 4. The van der Waals surface area contributed by atoms with E-state index >= 15 is 0 Å². The van der Waals surface area contributed by atoms with E-state index in [1.165, 1.54) is 38.9 Å². The third kappa shape index (κ3) is 9.05. The Balaban J connectivity index is 0.00000596. The fourth-order valence-corrected chi connectivity index (χ4v) is 10.0. The number of hydrogen-bond acceptors (Lipinski definition) is 4. The molecule has 0 N–H and O–H groups in total. The molecule has 72 heavy (non-hydrogen) atoms. The molecule has 11 rings (SSSR count). The van der Waals surface area contributed by atoms with E-state index in [9.17, 15) is 0 Å². The molecule has 10 aromatic rings. The zero-order chi connectivity index (χ0) is 49.2. The number of para-hydroxylation sites is 3. The summed E-state index contributed by atoms with van der Waals surface area (Å²) in [6.45, 7) is 22.8. The molecule has 0 aliphatic carbocycles. The predicted molar refractivity (Wildman–Crippen MR) is 297 cm³/mol. The third-order valence-electron chi connectivity index (χ3n) is 13.8. The molecule has 0 bridgehead atoms. The van der Waals surface area contributed by atoms with E-state index in [2.05, 4.69) is 259 Å². The summed E-state index contributed by atoms with van der Waals surface area (Å²) in [6.07, 6.45) is 1.91. The molecule has 5 nitrogen and oxygen atoms in total. The summed E-state index contributed by atoms with van der Waals surface area (Å²) in [5.41, 5.74) is 16.7. The van der Waals surface area contributed by atoms with Crippen LogP contribution >= 0.6 is 0 Å². The van der Waals surface area contributed by atoms with Crippen LogP contribution in [0.1, 0.15) is 79.0 Å². The Bertz CT molecular complexity index is 3610. The summed E-state index contributed by atoms with van der Waals surface area (Å²) in [4.78, 5) is 9.51. The number of fused-ring (bicyclic) bond motifs is 4. The Labute approximate surface area is 440 Å². The Morgan fingerprint density at radius 2 is 1.10 bits per heavy atom. The Kier molecular flexibility index (Phi) is 12.6. The van der Waals surface area contributed by atoms with E-state index in [4.69, 9.17) is 9.72 Å². The van der Waals surface area contributed by atoms with Crippen molar-refractivity contribution in [2.75, 3.05) is 9.80 Å². The molecule has 0 spiro atoms. The van der Waals surface area contributed by atoms with Crippen LogP contribution in [0.5, 0.6) is 11.5 Å². The molecule has 0 saturated carbocycles. The molecule has 1 aliphatic rings. The van der Waals surface area contributed by atoms with E-state index in [1.807, 2.05) is 24.4 Å². The summed E-state index contributed by atoms with van der Waals surface area (Å²) < 4.78 is 8.94. The molecular formula is C66H59N4OPt-3. The number of pyridine rings is 1. The molecule has 1 aliphatic heterocycles. The van der Waals surface area contributed by atoms with Crippen LogP contribution in [0.15, 0.2) is 188 Å². The van der Waals surface area contributed by atoms with Gasteiger partial charge in [-0.25, -0.2) is 4.98 Å². The van der Waals surface area contributed by atoms with Crippen LogP contribution < -0.4 is 14.5 Å². The van der Waals surface area contributed by atoms with E-state index in [0.29, 0.717) is 11.5 Å². The van der Waals surface area contributed by atoms with Gasteiger partial charge in [0.2, 0.25) is 0 Å². The normalized spacial score (nSPS) is 12.8. The van der Waals surface area contributed by atoms with Crippen molar-refractivity contribution < 1.29 is 25.8 Å². The number of rotatable bonds is 8. The smallest absolute Gasteiger partial charge is 0.135 e. The zero-order valence-corrected chi connectivity index (χ0v) is 44.8. The number of anilines is 4. The van der Waals surface area contributed by atoms with Gasteiger partial charge in [-0.3, -0.25) is 0 Å². The van der Waals surface area contributed by atoms with Crippen LogP contribution in [0.25, 0.3) is 61.0 Å². The monoisotopic (exact) mass is 1120 g/mol. The van der Waals surface area contributed by atoms with Gasteiger partial charge in [-0.15, -0.1) is 48.1 Å². The number of aromatic nitrogens is 2. The van der Waals surface area contributed by atoms with Crippen molar-refractivity contribution in [1.29, 1.82) is 0 Å². The zero-order valence-electron chi connectivity index (χ0n) is 42.5. The van der Waals surface area contributed by atoms with E-state index in [-0.39, 0.29) is 37.3 Å². The van der Waals surface area contributed by atoms with Gasteiger partial charge in [0.15, 0.2) is 0 Å². The molecule has 2 aromatic heterocycles. The topological polar surface area (TPSA) is 33.5 Å². The minimum atomic E-state index is -0.122. The average Bonchev–Trinajstić information content (AvgIpc) is 3.91. The van der Waals surface area contributed by atoms with Gasteiger partial charge in [-0.2, -0.15) is 12.1 Å². The summed E-state index contributed by atoms with van der Waals surface area (Å²) in [5, 5.41) is 2.23. The van der Waals surface area contributed by atoms with Gasteiger partial charge in [0, 0.05) is 72.5 Å². The van der Waals surface area contributed by atoms with Crippen molar-refractivity contribution in [3.8, 4) is 50.7 Å². The fourth-order valence-electron chi connectivity index (χ4n) is 10.0. The van der Waals surface area contributed by atoms with Crippen LogP contribution in [-0.4, -0.2) is 9.55 Å². The number of benzene rings is 8. The molecule has 0 fully saturated rings. The molecule has 362 valence electrons. The first-order valence-corrected chi connectivity index (χ1v) is 24.7. The van der Waals surface area contributed by atoms with Gasteiger partial charge in [0.1, 0.15) is 5.82 Å². The molecule has 0 saturated heterocycles. The third-order valence-corrected chi connectivity index (χ3v) is 13.8. The largest absolute Gasteiger partial charge is 0.509 e. The first-order chi connectivity index (χ1) is 34.1. The van der Waals surface area contributed by atoms with Gasteiger partial charge in [-0.1, -0.05) is 177 Å². The minimum absolute atomic E-state index is 0. The summed E-state index contributed by atoms with van der Waals surface area (Å²) in [5.74, 6) is 2.04. The average molecular weight is 1120 g/mol. The van der Waals surface area contributed by atoms with Crippen molar-refractivity contribution in [3.63, 3.8) is 0 Å². The quantitative estimate of drug-likeness (QED) is 0.142. The van der Waals surface area contributed by atoms with Gasteiger partial charge in [0.25, 0.3) is 0 Å². The predicted octanol–water partition coefficient (Wildman–Crippen LogP) is 17.9.